The van der Waals surface area contributed by atoms with Crippen molar-refractivity contribution in [3.8, 4) is 11.5 Å². The Labute approximate surface area is 127 Å². The van der Waals surface area contributed by atoms with Crippen molar-refractivity contribution in [2.75, 3.05) is 26.4 Å². The number of unbranched alkanes of at least 4 members (excludes halogenated alkanes) is 2. The molecule has 21 heavy (non-hydrogen) atoms. The zero-order valence-corrected chi connectivity index (χ0v) is 13.0. The minimum absolute atomic E-state index is 0.0100. The van der Waals surface area contributed by atoms with Gasteiger partial charge in [0.2, 0.25) is 0 Å². The molecule has 4 nitrogen and oxygen atoms in total. The third-order valence-electron chi connectivity index (χ3n) is 3.26. The summed E-state index contributed by atoms with van der Waals surface area (Å²) in [6.45, 7) is 6.87. The van der Waals surface area contributed by atoms with E-state index in [1.807, 2.05) is 24.3 Å². The molecule has 1 aromatic carbocycles. The topological polar surface area (TPSA) is 36.9 Å². The molecule has 0 saturated heterocycles. The Morgan fingerprint density at radius 1 is 1.10 bits per heavy atom. The zero-order valence-electron chi connectivity index (χ0n) is 13.0. The standard InChI is InChI=1S/C17H26O4/c1-14(2)19-11-7-3-6-10-18-12-15-13-20-16-8-4-5-9-17(16)21-15/h4-5,8-9,14-15H,3,6-7,10-13H2,1-2H3. The van der Waals surface area contributed by atoms with Gasteiger partial charge in [-0.15, -0.1) is 0 Å². The van der Waals surface area contributed by atoms with Crippen molar-refractivity contribution >= 4 is 0 Å². The monoisotopic (exact) mass is 294 g/mol. The molecule has 1 heterocycles. The van der Waals surface area contributed by atoms with Gasteiger partial charge in [0.15, 0.2) is 17.6 Å². The lowest BCUT2D eigenvalue weighted by Gasteiger charge is -2.26. The lowest BCUT2D eigenvalue weighted by atomic mass is 10.2. The van der Waals surface area contributed by atoms with Crippen LogP contribution in [0.4, 0.5) is 0 Å². The SMILES string of the molecule is CC(C)OCCCCCOCC1COc2ccccc2O1. The van der Waals surface area contributed by atoms with Crippen LogP contribution in [0.2, 0.25) is 0 Å². The van der Waals surface area contributed by atoms with Crippen molar-refractivity contribution < 1.29 is 18.9 Å². The van der Waals surface area contributed by atoms with Gasteiger partial charge in [-0.05, 0) is 45.2 Å². The normalized spacial score (nSPS) is 17.2. The van der Waals surface area contributed by atoms with Crippen molar-refractivity contribution in [2.24, 2.45) is 0 Å². The summed E-state index contributed by atoms with van der Waals surface area (Å²) in [4.78, 5) is 0. The van der Waals surface area contributed by atoms with E-state index in [0.29, 0.717) is 19.3 Å². The Hall–Kier alpha value is -1.26. The second kappa shape index (κ2) is 8.90. The first kappa shape index (κ1) is 16.1. The number of benzene rings is 1. The van der Waals surface area contributed by atoms with Crippen LogP contribution in [0, 0.1) is 0 Å². The highest BCUT2D eigenvalue weighted by Crippen LogP contribution is 2.30. The minimum atomic E-state index is -0.0100. The first-order chi connectivity index (χ1) is 10.3. The van der Waals surface area contributed by atoms with E-state index >= 15 is 0 Å². The summed E-state index contributed by atoms with van der Waals surface area (Å²) in [5, 5.41) is 0. The summed E-state index contributed by atoms with van der Waals surface area (Å²) in [7, 11) is 0. The van der Waals surface area contributed by atoms with Gasteiger partial charge in [-0.3, -0.25) is 0 Å². The Morgan fingerprint density at radius 3 is 2.67 bits per heavy atom. The van der Waals surface area contributed by atoms with Crippen LogP contribution in [0.3, 0.4) is 0 Å². The fraction of sp³-hybridized carbons (Fsp3) is 0.647. The van der Waals surface area contributed by atoms with Crippen LogP contribution in [0.1, 0.15) is 33.1 Å². The first-order valence-electron chi connectivity index (χ1n) is 7.83. The van der Waals surface area contributed by atoms with Crippen LogP contribution in [0.15, 0.2) is 24.3 Å². The smallest absolute Gasteiger partial charge is 0.161 e. The molecule has 1 aromatic rings. The summed E-state index contributed by atoms with van der Waals surface area (Å²) >= 11 is 0. The van der Waals surface area contributed by atoms with Gasteiger partial charge in [-0.2, -0.15) is 0 Å². The van der Waals surface area contributed by atoms with E-state index in [-0.39, 0.29) is 6.10 Å². The third kappa shape index (κ3) is 5.94. The summed E-state index contributed by atoms with van der Waals surface area (Å²) in [5.41, 5.74) is 0. The fourth-order valence-corrected chi connectivity index (χ4v) is 2.16. The van der Waals surface area contributed by atoms with Crippen molar-refractivity contribution in [3.63, 3.8) is 0 Å². The number of para-hydroxylation sites is 2. The van der Waals surface area contributed by atoms with Crippen molar-refractivity contribution in [2.45, 2.75) is 45.3 Å². The second-order valence-corrected chi connectivity index (χ2v) is 5.55. The predicted octanol–water partition coefficient (Wildman–Crippen LogP) is 3.44. The van der Waals surface area contributed by atoms with Gasteiger partial charge in [0, 0.05) is 13.2 Å². The largest absolute Gasteiger partial charge is 0.486 e. The summed E-state index contributed by atoms with van der Waals surface area (Å²) < 4.78 is 22.6. The molecule has 0 amide bonds. The van der Waals surface area contributed by atoms with Gasteiger partial charge in [-0.1, -0.05) is 12.1 Å². The molecule has 0 radical (unpaired) electrons. The minimum Gasteiger partial charge on any atom is -0.486 e. The van der Waals surface area contributed by atoms with E-state index in [4.69, 9.17) is 18.9 Å². The number of hydrogen-bond acceptors (Lipinski definition) is 4. The van der Waals surface area contributed by atoms with Gasteiger partial charge in [-0.25, -0.2) is 0 Å². The number of hydrogen-bond donors (Lipinski definition) is 0. The van der Waals surface area contributed by atoms with Gasteiger partial charge >= 0.3 is 0 Å². The number of fused-ring (bicyclic) bond motifs is 1. The highest BCUT2D eigenvalue weighted by atomic mass is 16.6. The molecule has 0 spiro atoms. The Morgan fingerprint density at radius 2 is 1.86 bits per heavy atom. The molecule has 0 fully saturated rings. The molecule has 0 aliphatic carbocycles. The van der Waals surface area contributed by atoms with Gasteiger partial charge in [0.05, 0.1) is 12.7 Å². The van der Waals surface area contributed by atoms with E-state index in [1.165, 1.54) is 0 Å². The van der Waals surface area contributed by atoms with E-state index < -0.39 is 0 Å². The van der Waals surface area contributed by atoms with E-state index in [2.05, 4.69) is 13.8 Å². The molecule has 118 valence electrons. The van der Waals surface area contributed by atoms with E-state index in [0.717, 1.165) is 44.0 Å². The number of ether oxygens (including phenoxy) is 4. The molecule has 1 unspecified atom stereocenters. The van der Waals surface area contributed by atoms with Crippen LogP contribution in [0.5, 0.6) is 11.5 Å². The predicted molar refractivity (Wildman–Crippen MR) is 82.1 cm³/mol. The van der Waals surface area contributed by atoms with E-state index in [9.17, 15) is 0 Å². The molecule has 1 atom stereocenters. The quantitative estimate of drug-likeness (QED) is 0.654. The van der Waals surface area contributed by atoms with Crippen LogP contribution in [0.25, 0.3) is 0 Å². The number of rotatable bonds is 9. The maximum atomic E-state index is 5.83. The van der Waals surface area contributed by atoms with Gasteiger partial charge in [0.1, 0.15) is 6.61 Å². The molecule has 4 heteroatoms. The Bertz CT molecular complexity index is 406. The molecule has 1 aliphatic rings. The summed E-state index contributed by atoms with van der Waals surface area (Å²) in [6.07, 6.45) is 3.61. The van der Waals surface area contributed by atoms with Crippen LogP contribution < -0.4 is 9.47 Å². The third-order valence-corrected chi connectivity index (χ3v) is 3.26. The summed E-state index contributed by atoms with van der Waals surface area (Å²) in [5.74, 6) is 1.63. The average molecular weight is 294 g/mol. The van der Waals surface area contributed by atoms with Crippen molar-refractivity contribution in [3.05, 3.63) is 24.3 Å². The maximum Gasteiger partial charge on any atom is 0.161 e. The van der Waals surface area contributed by atoms with Crippen LogP contribution >= 0.6 is 0 Å². The Kier molecular flexibility index (Phi) is 6.83. The van der Waals surface area contributed by atoms with Crippen molar-refractivity contribution in [1.29, 1.82) is 0 Å². The van der Waals surface area contributed by atoms with Gasteiger partial charge < -0.3 is 18.9 Å². The average Bonchev–Trinajstić information content (AvgIpc) is 2.49. The summed E-state index contributed by atoms with van der Waals surface area (Å²) in [6, 6.07) is 7.74. The molecule has 0 aromatic heterocycles. The molecule has 0 saturated carbocycles. The fourth-order valence-electron chi connectivity index (χ4n) is 2.16. The molecule has 0 bridgehead atoms. The maximum absolute atomic E-state index is 5.83. The molecule has 0 N–H and O–H groups in total. The highest BCUT2D eigenvalue weighted by molar-refractivity contribution is 5.40. The molecular weight excluding hydrogens is 268 g/mol. The molecular formula is C17H26O4. The second-order valence-electron chi connectivity index (χ2n) is 5.55. The molecule has 1 aliphatic heterocycles. The van der Waals surface area contributed by atoms with Gasteiger partial charge in [0.25, 0.3) is 0 Å². The highest BCUT2D eigenvalue weighted by Gasteiger charge is 2.20. The first-order valence-corrected chi connectivity index (χ1v) is 7.83. The van der Waals surface area contributed by atoms with E-state index in [1.54, 1.807) is 0 Å². The molecule has 2 rings (SSSR count). The lowest BCUT2D eigenvalue weighted by molar-refractivity contribution is 0.00708. The van der Waals surface area contributed by atoms with Crippen LogP contribution in [-0.4, -0.2) is 38.6 Å². The Balaban J connectivity index is 1.50. The van der Waals surface area contributed by atoms with Crippen molar-refractivity contribution in [1.82, 2.24) is 0 Å². The zero-order chi connectivity index (χ0) is 14.9. The van der Waals surface area contributed by atoms with Crippen LogP contribution in [-0.2, 0) is 9.47 Å². The lowest BCUT2D eigenvalue weighted by Crippen LogP contribution is -2.33.